The maximum Gasteiger partial charge on any atom is 0.0491 e. The normalized spacial score (nSPS) is 11.3. The van der Waals surface area contributed by atoms with Gasteiger partial charge in [0.05, 0.1) is 0 Å². The fourth-order valence-corrected chi connectivity index (χ4v) is 4.82. The summed E-state index contributed by atoms with van der Waals surface area (Å²) in [5, 5.41) is 5.85. The van der Waals surface area contributed by atoms with Gasteiger partial charge in [0.1, 0.15) is 0 Å². The Hall–Kier alpha value is -2.80. The topological polar surface area (TPSA) is 0 Å². The molecule has 30 heavy (non-hydrogen) atoms. The molecular formula is C28H20Cl2. The zero-order valence-corrected chi connectivity index (χ0v) is 18.4. The molecule has 0 saturated heterocycles. The Balaban J connectivity index is 2.04. The molecule has 0 N–H and O–H groups in total. The Kier molecular flexibility index (Phi) is 4.77. The van der Waals surface area contributed by atoms with E-state index in [1.165, 1.54) is 11.1 Å². The number of hydrogen-bond acceptors (Lipinski definition) is 0. The van der Waals surface area contributed by atoms with Crippen LogP contribution < -0.4 is 0 Å². The van der Waals surface area contributed by atoms with Crippen molar-refractivity contribution in [2.24, 2.45) is 0 Å². The first-order chi connectivity index (χ1) is 14.5. The van der Waals surface area contributed by atoms with Crippen molar-refractivity contribution >= 4 is 44.7 Å². The second kappa shape index (κ2) is 7.47. The summed E-state index contributed by atoms with van der Waals surface area (Å²) in [5.41, 5.74) is 7.00. The molecule has 0 amide bonds. The predicted molar refractivity (Wildman–Crippen MR) is 132 cm³/mol. The van der Waals surface area contributed by atoms with Crippen molar-refractivity contribution in [1.82, 2.24) is 0 Å². The van der Waals surface area contributed by atoms with Gasteiger partial charge in [-0.3, -0.25) is 0 Å². The first-order valence-corrected chi connectivity index (χ1v) is 10.8. The lowest BCUT2D eigenvalue weighted by atomic mass is 9.85. The summed E-state index contributed by atoms with van der Waals surface area (Å²) in [5.74, 6) is 0. The van der Waals surface area contributed by atoms with Crippen molar-refractivity contribution in [3.63, 3.8) is 0 Å². The lowest BCUT2D eigenvalue weighted by molar-refractivity contribution is 1.47. The van der Waals surface area contributed by atoms with Crippen molar-refractivity contribution in [3.8, 4) is 22.3 Å². The minimum absolute atomic E-state index is 0.748. The first-order valence-electron chi connectivity index (χ1n) is 10.0. The minimum atomic E-state index is 0.748. The zero-order chi connectivity index (χ0) is 20.8. The third-order valence-corrected chi connectivity index (χ3v) is 6.38. The van der Waals surface area contributed by atoms with E-state index in [1.807, 2.05) is 24.3 Å². The molecule has 0 saturated carbocycles. The Bertz CT molecular complexity index is 1280. The van der Waals surface area contributed by atoms with Gasteiger partial charge in [0.25, 0.3) is 0 Å². The van der Waals surface area contributed by atoms with Gasteiger partial charge in [-0.05, 0) is 59.0 Å². The van der Waals surface area contributed by atoms with Crippen molar-refractivity contribution in [1.29, 1.82) is 0 Å². The largest absolute Gasteiger partial charge is 0.0836 e. The molecule has 0 atom stereocenters. The van der Waals surface area contributed by atoms with Gasteiger partial charge >= 0.3 is 0 Å². The minimum Gasteiger partial charge on any atom is -0.0836 e. The number of hydrogen-bond donors (Lipinski definition) is 0. The third-order valence-electron chi connectivity index (χ3n) is 5.75. The molecule has 5 aromatic rings. The van der Waals surface area contributed by atoms with Crippen LogP contribution in [0.1, 0.15) is 11.1 Å². The predicted octanol–water partition coefficient (Wildman–Crippen LogP) is 9.25. The number of aryl methyl sites for hydroxylation is 2. The highest BCUT2D eigenvalue weighted by molar-refractivity contribution is 6.42. The summed E-state index contributed by atoms with van der Waals surface area (Å²) < 4.78 is 0. The lowest BCUT2D eigenvalue weighted by Crippen LogP contribution is -1.92. The van der Waals surface area contributed by atoms with Crippen LogP contribution in [0.4, 0.5) is 0 Å². The van der Waals surface area contributed by atoms with Crippen LogP contribution in [-0.2, 0) is 0 Å². The van der Waals surface area contributed by atoms with E-state index in [4.69, 9.17) is 23.2 Å². The zero-order valence-electron chi connectivity index (χ0n) is 16.8. The highest BCUT2D eigenvalue weighted by Crippen LogP contribution is 2.47. The van der Waals surface area contributed by atoms with Gasteiger partial charge in [-0.15, -0.1) is 0 Å². The monoisotopic (exact) mass is 426 g/mol. The van der Waals surface area contributed by atoms with Gasteiger partial charge in [-0.25, -0.2) is 0 Å². The molecule has 0 aliphatic heterocycles. The van der Waals surface area contributed by atoms with E-state index >= 15 is 0 Å². The fourth-order valence-electron chi connectivity index (χ4n) is 4.28. The molecule has 0 aliphatic carbocycles. The molecule has 5 rings (SSSR count). The number of benzene rings is 5. The quantitative estimate of drug-likeness (QED) is 0.246. The second-order valence-electron chi connectivity index (χ2n) is 7.81. The van der Waals surface area contributed by atoms with Gasteiger partial charge < -0.3 is 0 Å². The fraction of sp³-hybridized carbons (Fsp3) is 0.0714. The maximum atomic E-state index is 6.84. The highest BCUT2D eigenvalue weighted by Gasteiger charge is 2.20. The smallest absolute Gasteiger partial charge is 0.0491 e. The van der Waals surface area contributed by atoms with E-state index in [0.717, 1.165) is 53.8 Å². The van der Waals surface area contributed by atoms with E-state index in [1.54, 1.807) is 0 Å². The summed E-state index contributed by atoms with van der Waals surface area (Å²) >= 11 is 13.7. The van der Waals surface area contributed by atoms with Crippen molar-refractivity contribution in [3.05, 3.63) is 106 Å². The molecular weight excluding hydrogens is 407 g/mol. The van der Waals surface area contributed by atoms with Crippen molar-refractivity contribution in [2.45, 2.75) is 13.8 Å². The molecule has 0 nitrogen and oxygen atoms in total. The SMILES string of the molecule is Cc1ccc(-c2c3cccc(Cl)c3c(-c3ccc(C)cc3)c3cccc(Cl)c23)cc1. The van der Waals surface area contributed by atoms with Gasteiger partial charge in [0.2, 0.25) is 0 Å². The van der Waals surface area contributed by atoms with Crippen LogP contribution in [0.3, 0.4) is 0 Å². The van der Waals surface area contributed by atoms with Gasteiger partial charge in [0.15, 0.2) is 0 Å². The molecule has 2 heteroatoms. The van der Waals surface area contributed by atoms with Crippen LogP contribution in [0, 0.1) is 13.8 Å². The van der Waals surface area contributed by atoms with E-state index in [-0.39, 0.29) is 0 Å². The van der Waals surface area contributed by atoms with Crippen molar-refractivity contribution < 1.29 is 0 Å². The molecule has 0 heterocycles. The van der Waals surface area contributed by atoms with Gasteiger partial charge in [-0.2, -0.15) is 0 Å². The van der Waals surface area contributed by atoms with Crippen LogP contribution in [0.25, 0.3) is 43.8 Å². The lowest BCUT2D eigenvalue weighted by Gasteiger charge is -2.19. The third kappa shape index (κ3) is 3.08. The van der Waals surface area contributed by atoms with Gasteiger partial charge in [0, 0.05) is 20.8 Å². The Morgan fingerprint density at radius 3 is 1.20 bits per heavy atom. The molecule has 0 spiro atoms. The van der Waals surface area contributed by atoms with Crippen LogP contribution in [-0.4, -0.2) is 0 Å². The summed E-state index contributed by atoms with van der Waals surface area (Å²) in [6, 6.07) is 29.5. The highest BCUT2D eigenvalue weighted by atomic mass is 35.5. The number of halogens is 2. The summed E-state index contributed by atoms with van der Waals surface area (Å²) in [6.07, 6.45) is 0. The van der Waals surface area contributed by atoms with Crippen LogP contribution in [0.15, 0.2) is 84.9 Å². The average Bonchev–Trinajstić information content (AvgIpc) is 2.74. The van der Waals surface area contributed by atoms with Gasteiger partial charge in [-0.1, -0.05) is 107 Å². The maximum absolute atomic E-state index is 6.84. The summed E-state index contributed by atoms with van der Waals surface area (Å²) in [6.45, 7) is 4.20. The Morgan fingerprint density at radius 2 is 0.833 bits per heavy atom. The molecule has 0 aromatic heterocycles. The Morgan fingerprint density at radius 1 is 0.467 bits per heavy atom. The van der Waals surface area contributed by atoms with E-state index in [2.05, 4.69) is 74.5 Å². The Labute approximate surface area is 186 Å². The summed E-state index contributed by atoms with van der Waals surface area (Å²) in [4.78, 5) is 0. The number of fused-ring (bicyclic) bond motifs is 2. The van der Waals surface area contributed by atoms with E-state index in [9.17, 15) is 0 Å². The number of rotatable bonds is 2. The molecule has 0 fully saturated rings. The molecule has 0 radical (unpaired) electrons. The van der Waals surface area contributed by atoms with Crippen LogP contribution in [0.5, 0.6) is 0 Å². The van der Waals surface area contributed by atoms with Crippen molar-refractivity contribution in [2.75, 3.05) is 0 Å². The molecule has 0 aliphatic rings. The van der Waals surface area contributed by atoms with E-state index < -0.39 is 0 Å². The molecule has 0 unspecified atom stereocenters. The standard InChI is InChI=1S/C28H20Cl2/c1-17-9-13-19(14-10-17)25-21-5-3-8-24(30)28(21)26(20-15-11-18(2)12-16-20)22-6-4-7-23(29)27(22)25/h3-16H,1-2H3. The van der Waals surface area contributed by atoms with E-state index in [0.29, 0.717) is 0 Å². The second-order valence-corrected chi connectivity index (χ2v) is 8.62. The first kappa shape index (κ1) is 19.2. The molecule has 0 bridgehead atoms. The van der Waals surface area contributed by atoms with Crippen LogP contribution in [0.2, 0.25) is 10.0 Å². The molecule has 146 valence electrons. The molecule has 5 aromatic carbocycles. The summed E-state index contributed by atoms with van der Waals surface area (Å²) in [7, 11) is 0. The van der Waals surface area contributed by atoms with Crippen LogP contribution >= 0.6 is 23.2 Å². The average molecular weight is 427 g/mol.